The minimum absolute atomic E-state index is 0.0287. The number of nitrogens with zero attached hydrogens (tertiary/aromatic N) is 5. The van der Waals surface area contributed by atoms with Crippen molar-refractivity contribution in [3.8, 4) is 5.75 Å². The number of fused-ring (bicyclic) bond motifs is 1. The largest absolute Gasteiger partial charge is 0.494 e. The molecule has 1 saturated heterocycles. The molecule has 2 aromatic heterocycles. The van der Waals surface area contributed by atoms with Crippen LogP contribution in [0.4, 0.5) is 5.82 Å². The number of anilines is 1. The summed E-state index contributed by atoms with van der Waals surface area (Å²) in [5.41, 5.74) is 1.73. The van der Waals surface area contributed by atoms with E-state index in [1.54, 1.807) is 0 Å². The molecule has 170 valence electrons. The number of amides is 1. The van der Waals surface area contributed by atoms with Gasteiger partial charge in [0.1, 0.15) is 11.6 Å². The highest BCUT2D eigenvalue weighted by atomic mass is 32.2. The van der Waals surface area contributed by atoms with Crippen molar-refractivity contribution in [3.63, 3.8) is 0 Å². The van der Waals surface area contributed by atoms with Gasteiger partial charge in [-0.2, -0.15) is 5.10 Å². The van der Waals surface area contributed by atoms with Crippen LogP contribution in [0.25, 0.3) is 11.0 Å². The fourth-order valence-electron chi connectivity index (χ4n) is 3.61. The van der Waals surface area contributed by atoms with Crippen molar-refractivity contribution in [2.45, 2.75) is 25.0 Å². The molecule has 3 heterocycles. The smallest absolute Gasteiger partial charge is 0.224 e. The van der Waals surface area contributed by atoms with E-state index in [1.165, 1.54) is 11.8 Å². The third-order valence-corrected chi connectivity index (χ3v) is 5.74. The summed E-state index contributed by atoms with van der Waals surface area (Å²) in [6, 6.07) is 7.60. The molecule has 1 amide bonds. The molecule has 1 aromatic carbocycles. The van der Waals surface area contributed by atoms with Crippen LogP contribution in [0.2, 0.25) is 0 Å². The highest BCUT2D eigenvalue weighted by molar-refractivity contribution is 7.98. The van der Waals surface area contributed by atoms with E-state index < -0.39 is 0 Å². The fraction of sp³-hybridized carbons (Fsp3) is 0.455. The normalized spacial score (nSPS) is 14.0. The topological polar surface area (TPSA) is 94.4 Å². The Morgan fingerprint density at radius 3 is 2.72 bits per heavy atom. The van der Waals surface area contributed by atoms with Crippen molar-refractivity contribution >= 4 is 34.5 Å². The lowest BCUT2D eigenvalue weighted by molar-refractivity contribution is -0.120. The van der Waals surface area contributed by atoms with E-state index in [4.69, 9.17) is 14.5 Å². The number of rotatable bonds is 9. The summed E-state index contributed by atoms with van der Waals surface area (Å²) in [6.07, 6.45) is 4.10. The Hall–Kier alpha value is -2.85. The molecule has 9 nitrogen and oxygen atoms in total. The average Bonchev–Trinajstić information content (AvgIpc) is 3.23. The van der Waals surface area contributed by atoms with E-state index in [0.29, 0.717) is 44.5 Å². The first kappa shape index (κ1) is 22.3. The molecule has 10 heteroatoms. The van der Waals surface area contributed by atoms with Crippen LogP contribution in [0.15, 0.2) is 35.6 Å². The van der Waals surface area contributed by atoms with Gasteiger partial charge in [-0.05, 0) is 30.9 Å². The minimum atomic E-state index is -0.0287. The van der Waals surface area contributed by atoms with E-state index in [-0.39, 0.29) is 5.91 Å². The molecule has 4 rings (SSSR count). The number of aromatic nitrogens is 4. The molecule has 0 saturated carbocycles. The Labute approximate surface area is 191 Å². The van der Waals surface area contributed by atoms with E-state index >= 15 is 0 Å². The van der Waals surface area contributed by atoms with Gasteiger partial charge in [-0.3, -0.25) is 4.79 Å². The second-order valence-corrected chi connectivity index (χ2v) is 8.12. The number of carbonyl (C=O) groups excluding carboxylic acids is 1. The van der Waals surface area contributed by atoms with E-state index in [2.05, 4.69) is 20.3 Å². The number of hydrogen-bond acceptors (Lipinski definition) is 8. The maximum atomic E-state index is 12.4. The number of carbonyl (C=O) groups is 1. The second kappa shape index (κ2) is 10.6. The van der Waals surface area contributed by atoms with Crippen LogP contribution in [-0.2, 0) is 22.5 Å². The molecule has 1 aliphatic heterocycles. The van der Waals surface area contributed by atoms with Crippen molar-refractivity contribution < 1.29 is 14.3 Å². The molecule has 1 fully saturated rings. The zero-order chi connectivity index (χ0) is 22.3. The molecule has 1 N–H and O–H groups in total. The summed E-state index contributed by atoms with van der Waals surface area (Å²) < 4.78 is 12.7. The van der Waals surface area contributed by atoms with Gasteiger partial charge in [0.15, 0.2) is 10.8 Å². The first-order valence-corrected chi connectivity index (χ1v) is 12.0. The molecule has 0 aliphatic carbocycles. The van der Waals surface area contributed by atoms with Crippen LogP contribution in [0.1, 0.15) is 12.5 Å². The molecule has 32 heavy (non-hydrogen) atoms. The monoisotopic (exact) mass is 456 g/mol. The lowest BCUT2D eigenvalue weighted by Crippen LogP contribution is -2.37. The quantitative estimate of drug-likeness (QED) is 0.387. The number of nitrogens with one attached hydrogen (secondary N) is 1. The van der Waals surface area contributed by atoms with Gasteiger partial charge >= 0.3 is 0 Å². The molecule has 1 aliphatic rings. The maximum absolute atomic E-state index is 12.4. The lowest BCUT2D eigenvalue weighted by Gasteiger charge is -2.28. The van der Waals surface area contributed by atoms with Crippen molar-refractivity contribution in [3.05, 3.63) is 36.0 Å². The van der Waals surface area contributed by atoms with Crippen LogP contribution in [0, 0.1) is 0 Å². The van der Waals surface area contributed by atoms with Gasteiger partial charge in [0.05, 0.1) is 44.4 Å². The Kier molecular flexibility index (Phi) is 7.43. The van der Waals surface area contributed by atoms with Gasteiger partial charge in [-0.1, -0.05) is 23.9 Å². The summed E-state index contributed by atoms with van der Waals surface area (Å²) in [6.45, 7) is 6.55. The zero-order valence-electron chi connectivity index (χ0n) is 18.4. The second-order valence-electron chi connectivity index (χ2n) is 7.34. The third kappa shape index (κ3) is 5.31. The number of thioether (sulfide) groups is 1. The molecule has 0 bridgehead atoms. The molecule has 3 aromatic rings. The van der Waals surface area contributed by atoms with Gasteiger partial charge in [-0.25, -0.2) is 14.6 Å². The molecule has 0 radical (unpaired) electrons. The summed E-state index contributed by atoms with van der Waals surface area (Å²) in [5, 5.41) is 9.12. The standard InChI is InChI=1S/C22H28N6O3S/c1-3-31-17-6-4-16(5-7-17)14-19(29)23-8-9-28-21-18(15-24-28)20(25-22(26-21)32-2)27-10-12-30-13-11-27/h4-7,15H,3,8-14H2,1-2H3,(H,23,29). The molecule has 0 unspecified atom stereocenters. The number of ether oxygens (including phenoxy) is 2. The Morgan fingerprint density at radius 2 is 2.00 bits per heavy atom. The van der Waals surface area contributed by atoms with E-state index in [0.717, 1.165) is 41.3 Å². The summed E-state index contributed by atoms with van der Waals surface area (Å²) in [4.78, 5) is 24.0. The first-order valence-electron chi connectivity index (χ1n) is 10.8. The first-order chi connectivity index (χ1) is 15.7. The van der Waals surface area contributed by atoms with Gasteiger partial charge < -0.3 is 19.7 Å². The van der Waals surface area contributed by atoms with Gasteiger partial charge in [0.2, 0.25) is 5.91 Å². The number of morpholine rings is 1. The van der Waals surface area contributed by atoms with Gasteiger partial charge in [0.25, 0.3) is 0 Å². The lowest BCUT2D eigenvalue weighted by atomic mass is 10.1. The van der Waals surface area contributed by atoms with Crippen molar-refractivity contribution in [2.75, 3.05) is 50.6 Å². The predicted octanol–water partition coefficient (Wildman–Crippen LogP) is 2.14. The summed E-state index contributed by atoms with van der Waals surface area (Å²) in [5.74, 6) is 1.68. The molecular weight excluding hydrogens is 428 g/mol. The number of benzene rings is 1. The van der Waals surface area contributed by atoms with Crippen LogP contribution < -0.4 is 15.0 Å². The molecule has 0 spiro atoms. The Balaban J connectivity index is 1.39. The average molecular weight is 457 g/mol. The van der Waals surface area contributed by atoms with Crippen molar-refractivity contribution in [1.29, 1.82) is 0 Å². The van der Waals surface area contributed by atoms with Crippen LogP contribution in [0.5, 0.6) is 5.75 Å². The van der Waals surface area contributed by atoms with Gasteiger partial charge in [-0.15, -0.1) is 0 Å². The predicted molar refractivity (Wildman–Crippen MR) is 124 cm³/mol. The van der Waals surface area contributed by atoms with Crippen LogP contribution >= 0.6 is 11.8 Å². The highest BCUT2D eigenvalue weighted by Crippen LogP contribution is 2.27. The molecular formula is C22H28N6O3S. The van der Waals surface area contributed by atoms with Gasteiger partial charge in [0, 0.05) is 19.6 Å². The Morgan fingerprint density at radius 1 is 1.22 bits per heavy atom. The molecule has 0 atom stereocenters. The van der Waals surface area contributed by atoms with E-state index in [1.807, 2.05) is 48.3 Å². The zero-order valence-corrected chi connectivity index (χ0v) is 19.2. The summed E-state index contributed by atoms with van der Waals surface area (Å²) in [7, 11) is 0. The van der Waals surface area contributed by atoms with Crippen LogP contribution in [-0.4, -0.2) is 71.4 Å². The van der Waals surface area contributed by atoms with Crippen molar-refractivity contribution in [2.24, 2.45) is 0 Å². The minimum Gasteiger partial charge on any atom is -0.494 e. The van der Waals surface area contributed by atoms with E-state index in [9.17, 15) is 4.79 Å². The Bertz CT molecular complexity index is 1050. The fourth-order valence-corrected chi connectivity index (χ4v) is 3.97. The SMILES string of the molecule is CCOc1ccc(CC(=O)NCCn2ncc3c(N4CCOCC4)nc(SC)nc32)cc1. The van der Waals surface area contributed by atoms with Crippen molar-refractivity contribution in [1.82, 2.24) is 25.1 Å². The number of hydrogen-bond donors (Lipinski definition) is 1. The van der Waals surface area contributed by atoms with Crippen LogP contribution in [0.3, 0.4) is 0 Å². The maximum Gasteiger partial charge on any atom is 0.224 e. The highest BCUT2D eigenvalue weighted by Gasteiger charge is 2.20. The third-order valence-electron chi connectivity index (χ3n) is 5.19. The summed E-state index contributed by atoms with van der Waals surface area (Å²) >= 11 is 1.51.